The number of Topliss-reactive ketones (excluding diaryl/α,β-unsaturated/α-hetero) is 2. The number of fused-ring (bicyclic) bond motifs is 3. The Morgan fingerprint density at radius 1 is 0.571 bits per heavy atom. The zero-order valence-electron chi connectivity index (χ0n) is 18.8. The number of hydrogen-bond donors (Lipinski definition) is 0. The van der Waals surface area contributed by atoms with E-state index in [1.165, 1.54) is 13.8 Å². The van der Waals surface area contributed by atoms with Crippen LogP contribution in [0.3, 0.4) is 0 Å². The second-order valence-corrected chi connectivity index (χ2v) is 10.2. The average Bonchev–Trinajstić information content (AvgIpc) is 3.09. The van der Waals surface area contributed by atoms with E-state index in [1.54, 1.807) is 24.3 Å². The molecule has 6 heteroatoms. The summed E-state index contributed by atoms with van der Waals surface area (Å²) >= 11 is 26.6. The van der Waals surface area contributed by atoms with E-state index in [2.05, 4.69) is 24.3 Å². The first kappa shape index (κ1) is 24.1. The zero-order chi connectivity index (χ0) is 25.1. The maximum absolute atomic E-state index is 12.2. The third-order valence-electron chi connectivity index (χ3n) is 6.61. The molecule has 1 aliphatic carbocycles. The van der Waals surface area contributed by atoms with Gasteiger partial charge in [-0.05, 0) is 71.5 Å². The van der Waals surface area contributed by atoms with Crippen molar-refractivity contribution in [1.82, 2.24) is 0 Å². The zero-order valence-corrected chi connectivity index (χ0v) is 21.8. The Bertz CT molecular complexity index is 1390. The van der Waals surface area contributed by atoms with Gasteiger partial charge in [-0.25, -0.2) is 0 Å². The molecule has 0 unspecified atom stereocenters. The van der Waals surface area contributed by atoms with Crippen LogP contribution < -0.4 is 0 Å². The second kappa shape index (κ2) is 8.80. The van der Waals surface area contributed by atoms with Crippen molar-refractivity contribution in [2.45, 2.75) is 19.3 Å². The maximum atomic E-state index is 12.2. The number of hydrogen-bond acceptors (Lipinski definition) is 2. The maximum Gasteiger partial charge on any atom is 0.162 e. The number of rotatable bonds is 4. The predicted molar refractivity (Wildman–Crippen MR) is 144 cm³/mol. The molecule has 0 saturated carbocycles. The quantitative estimate of drug-likeness (QED) is 0.213. The largest absolute Gasteiger partial charge is 0.294 e. The fourth-order valence-electron chi connectivity index (χ4n) is 5.28. The van der Waals surface area contributed by atoms with Crippen molar-refractivity contribution in [3.05, 3.63) is 126 Å². The summed E-state index contributed by atoms with van der Waals surface area (Å²) in [6.45, 7) is 2.87. The highest BCUT2D eigenvalue weighted by Gasteiger charge is 2.47. The molecule has 0 amide bonds. The molecule has 0 saturated heterocycles. The number of benzene rings is 4. The topological polar surface area (TPSA) is 34.1 Å². The van der Waals surface area contributed by atoms with Gasteiger partial charge in [0.05, 0.1) is 36.6 Å². The van der Waals surface area contributed by atoms with E-state index in [0.717, 1.165) is 33.4 Å². The predicted octanol–water partition coefficient (Wildman–Crippen LogP) is 9.07. The van der Waals surface area contributed by atoms with Crippen molar-refractivity contribution >= 4 is 58.0 Å². The lowest BCUT2D eigenvalue weighted by Crippen LogP contribution is -2.29. The van der Waals surface area contributed by atoms with E-state index in [0.29, 0.717) is 0 Å². The Labute approximate surface area is 223 Å². The summed E-state index contributed by atoms with van der Waals surface area (Å²) in [5, 5.41) is 1.05. The first-order valence-electron chi connectivity index (χ1n) is 10.9. The molecule has 2 nitrogen and oxygen atoms in total. The van der Waals surface area contributed by atoms with Gasteiger partial charge < -0.3 is 0 Å². The molecule has 0 fully saturated rings. The molecule has 5 rings (SSSR count). The summed E-state index contributed by atoms with van der Waals surface area (Å²) in [7, 11) is 0. The molecule has 35 heavy (non-hydrogen) atoms. The second-order valence-electron chi connectivity index (χ2n) is 8.58. The van der Waals surface area contributed by atoms with Gasteiger partial charge in [0.25, 0.3) is 0 Å². The summed E-state index contributed by atoms with van der Waals surface area (Å²) < 4.78 is 0. The summed E-state index contributed by atoms with van der Waals surface area (Å²) in [6, 6.07) is 23.3. The van der Waals surface area contributed by atoms with Gasteiger partial charge in [-0.3, -0.25) is 9.59 Å². The Balaban J connectivity index is 1.97. The van der Waals surface area contributed by atoms with Gasteiger partial charge in [0.15, 0.2) is 11.6 Å². The Morgan fingerprint density at radius 2 is 0.886 bits per heavy atom. The van der Waals surface area contributed by atoms with Crippen LogP contribution in [0, 0.1) is 0 Å². The summed E-state index contributed by atoms with van der Waals surface area (Å²) in [5.74, 6) is -0.436. The summed E-state index contributed by atoms with van der Waals surface area (Å²) in [6.07, 6.45) is 0. The van der Waals surface area contributed by atoms with E-state index < -0.39 is 5.41 Å². The van der Waals surface area contributed by atoms with E-state index in [9.17, 15) is 9.59 Å². The van der Waals surface area contributed by atoms with E-state index in [1.807, 2.05) is 24.3 Å². The lowest BCUT2D eigenvalue weighted by molar-refractivity contribution is 0.100. The van der Waals surface area contributed by atoms with Crippen LogP contribution >= 0.6 is 46.4 Å². The van der Waals surface area contributed by atoms with Gasteiger partial charge in [-0.1, -0.05) is 94.9 Å². The SMILES string of the molecule is CC(=O)c1c(Cl)cc(C2(c3cc(Cl)c(C(C)=O)c(Cl)c3)c3ccccc3-c3ccccc32)cc1Cl. The van der Waals surface area contributed by atoms with Crippen LogP contribution in [0.2, 0.25) is 20.1 Å². The third-order valence-corrected chi connectivity index (χ3v) is 7.80. The molecule has 0 atom stereocenters. The van der Waals surface area contributed by atoms with Crippen LogP contribution in [-0.4, -0.2) is 11.6 Å². The van der Waals surface area contributed by atoms with Gasteiger partial charge in [0.2, 0.25) is 0 Å². The molecule has 0 bridgehead atoms. The van der Waals surface area contributed by atoms with Crippen molar-refractivity contribution in [1.29, 1.82) is 0 Å². The third kappa shape index (κ3) is 3.55. The van der Waals surface area contributed by atoms with E-state index in [-0.39, 0.29) is 42.8 Å². The van der Waals surface area contributed by atoms with Gasteiger partial charge in [-0.2, -0.15) is 0 Å². The van der Waals surface area contributed by atoms with Crippen molar-refractivity contribution < 1.29 is 9.59 Å². The van der Waals surface area contributed by atoms with Crippen molar-refractivity contribution in [3.8, 4) is 11.1 Å². The molecule has 0 heterocycles. The van der Waals surface area contributed by atoms with Crippen molar-refractivity contribution in [2.75, 3.05) is 0 Å². The van der Waals surface area contributed by atoms with Crippen LogP contribution in [0.5, 0.6) is 0 Å². The normalized spacial score (nSPS) is 13.3. The lowest BCUT2D eigenvalue weighted by atomic mass is 9.67. The van der Waals surface area contributed by atoms with E-state index in [4.69, 9.17) is 46.4 Å². The minimum absolute atomic E-state index is 0.218. The highest BCUT2D eigenvalue weighted by Crippen LogP contribution is 2.57. The molecular formula is C29H18Cl4O2. The number of ketones is 2. The Morgan fingerprint density at radius 3 is 1.20 bits per heavy atom. The number of halogens is 4. The molecule has 4 aromatic rings. The molecule has 174 valence electrons. The van der Waals surface area contributed by atoms with E-state index >= 15 is 0 Å². The van der Waals surface area contributed by atoms with Gasteiger partial charge in [-0.15, -0.1) is 0 Å². The molecule has 0 spiro atoms. The highest BCUT2D eigenvalue weighted by molar-refractivity contribution is 6.40. The van der Waals surface area contributed by atoms with Crippen LogP contribution in [0.25, 0.3) is 11.1 Å². The monoisotopic (exact) mass is 538 g/mol. The molecule has 0 N–H and O–H groups in total. The molecule has 0 aliphatic heterocycles. The minimum atomic E-state index is -0.890. The first-order valence-corrected chi connectivity index (χ1v) is 12.4. The fourth-order valence-corrected chi connectivity index (χ4v) is 6.78. The summed E-state index contributed by atoms with van der Waals surface area (Å²) in [4.78, 5) is 24.4. The van der Waals surface area contributed by atoms with Crippen LogP contribution in [-0.2, 0) is 5.41 Å². The van der Waals surface area contributed by atoms with Gasteiger partial charge >= 0.3 is 0 Å². The Hall–Kier alpha value is -2.62. The van der Waals surface area contributed by atoms with Crippen LogP contribution in [0.1, 0.15) is 56.8 Å². The van der Waals surface area contributed by atoms with Crippen molar-refractivity contribution in [3.63, 3.8) is 0 Å². The molecule has 0 aromatic heterocycles. The first-order chi connectivity index (χ1) is 16.7. The smallest absolute Gasteiger partial charge is 0.162 e. The number of carbonyl (C=O) groups excluding carboxylic acids is 2. The van der Waals surface area contributed by atoms with Crippen LogP contribution in [0.15, 0.2) is 72.8 Å². The Kier molecular flexibility index (Phi) is 6.05. The fraction of sp³-hybridized carbons (Fsp3) is 0.103. The van der Waals surface area contributed by atoms with Gasteiger partial charge in [0, 0.05) is 0 Å². The number of carbonyl (C=O) groups is 2. The average molecular weight is 540 g/mol. The molecular weight excluding hydrogens is 522 g/mol. The molecule has 1 aliphatic rings. The van der Waals surface area contributed by atoms with Crippen molar-refractivity contribution in [2.24, 2.45) is 0 Å². The standard InChI is InChI=1S/C29H18Cl4O2/c1-15(34)27-23(30)11-17(12-24(27)31)29(18-13-25(32)28(16(2)35)26(33)14-18)21-9-5-3-7-19(21)20-8-4-6-10-22(20)29/h3-14H,1-2H3. The van der Waals surface area contributed by atoms with Crippen LogP contribution in [0.4, 0.5) is 0 Å². The lowest BCUT2D eigenvalue weighted by Gasteiger charge is -2.35. The molecule has 4 aromatic carbocycles. The summed E-state index contributed by atoms with van der Waals surface area (Å²) in [5.41, 5.74) is 5.26. The molecule has 0 radical (unpaired) electrons. The highest BCUT2D eigenvalue weighted by atomic mass is 35.5. The minimum Gasteiger partial charge on any atom is -0.294 e. The van der Waals surface area contributed by atoms with Gasteiger partial charge in [0.1, 0.15) is 0 Å².